The molecule has 0 aliphatic carbocycles. The van der Waals surface area contributed by atoms with Crippen molar-refractivity contribution in [3.63, 3.8) is 0 Å². The molecule has 2 aromatic carbocycles. The molecule has 0 spiro atoms. The summed E-state index contributed by atoms with van der Waals surface area (Å²) in [5.41, 5.74) is 6.87. The number of hydrogen-bond acceptors (Lipinski definition) is 2. The van der Waals surface area contributed by atoms with Gasteiger partial charge in [0.05, 0.1) is 0 Å². The molecule has 0 saturated heterocycles. The summed E-state index contributed by atoms with van der Waals surface area (Å²) in [6.45, 7) is 1.46. The summed E-state index contributed by atoms with van der Waals surface area (Å²) in [6.07, 6.45) is 0. The van der Waals surface area contributed by atoms with Crippen LogP contribution in [0.5, 0.6) is 0 Å². The summed E-state index contributed by atoms with van der Waals surface area (Å²) in [6, 6.07) is 19.1. The Labute approximate surface area is 101 Å². The van der Waals surface area contributed by atoms with Gasteiger partial charge in [-0.1, -0.05) is 42.5 Å². The lowest BCUT2D eigenvalue weighted by molar-refractivity contribution is -0.114. The van der Waals surface area contributed by atoms with Crippen LogP contribution in [0, 0.1) is 0 Å². The summed E-state index contributed by atoms with van der Waals surface area (Å²) in [4.78, 5) is 10.6. The zero-order chi connectivity index (χ0) is 12.5. The predicted molar refractivity (Wildman–Crippen MR) is 71.6 cm³/mol. The van der Waals surface area contributed by atoms with Crippen LogP contribution in [0.4, 0.5) is 11.4 Å². The Kier molecular flexibility index (Phi) is 5.31. The normalized spacial score (nSPS) is 8.76. The van der Waals surface area contributed by atoms with Gasteiger partial charge in [0.2, 0.25) is 5.91 Å². The molecule has 0 atom stereocenters. The molecule has 2 rings (SSSR count). The summed E-state index contributed by atoms with van der Waals surface area (Å²) in [5, 5.41) is 2.63. The topological polar surface area (TPSA) is 55.1 Å². The van der Waals surface area contributed by atoms with Gasteiger partial charge in [-0.15, -0.1) is 0 Å². The van der Waals surface area contributed by atoms with E-state index >= 15 is 0 Å². The Morgan fingerprint density at radius 3 is 1.94 bits per heavy atom. The molecular weight excluding hydrogens is 212 g/mol. The van der Waals surface area contributed by atoms with Crippen molar-refractivity contribution in [2.24, 2.45) is 0 Å². The highest BCUT2D eigenvalue weighted by atomic mass is 16.1. The molecule has 0 aliphatic rings. The van der Waals surface area contributed by atoms with E-state index in [1.807, 2.05) is 36.4 Å². The number of carbonyl (C=O) groups excluding carboxylic acids is 1. The number of nitrogens with one attached hydrogen (secondary N) is 1. The first-order valence-electron chi connectivity index (χ1n) is 5.31. The first-order chi connectivity index (χ1) is 8.18. The highest BCUT2D eigenvalue weighted by Gasteiger charge is 1.93. The average molecular weight is 228 g/mol. The average Bonchev–Trinajstić information content (AvgIpc) is 2.31. The highest BCUT2D eigenvalue weighted by Crippen LogP contribution is 2.10. The predicted octanol–water partition coefficient (Wildman–Crippen LogP) is 2.91. The molecule has 88 valence electrons. The monoisotopic (exact) mass is 228 g/mol. The minimum absolute atomic E-state index is 0.0874. The van der Waals surface area contributed by atoms with Gasteiger partial charge in [0.25, 0.3) is 0 Å². The molecule has 2 aromatic rings. The van der Waals surface area contributed by atoms with Gasteiger partial charge in [-0.05, 0) is 18.2 Å². The Balaban J connectivity index is 0.000000202. The van der Waals surface area contributed by atoms with E-state index in [4.69, 9.17) is 5.73 Å². The third-order valence-electron chi connectivity index (χ3n) is 1.87. The number of hydrogen-bond donors (Lipinski definition) is 2. The molecule has 0 unspecified atom stereocenters. The molecule has 17 heavy (non-hydrogen) atoms. The fourth-order valence-corrected chi connectivity index (χ4v) is 1.20. The molecule has 0 fully saturated rings. The standard InChI is InChI=1S/C8H10N2O.C6H6/c1-6(11)10-8-4-2-3-7(9)5-8;1-2-4-6-5-3-1/h2-5H,9H2,1H3,(H,10,11);1-6H. The summed E-state index contributed by atoms with van der Waals surface area (Å²) >= 11 is 0. The van der Waals surface area contributed by atoms with Crippen LogP contribution >= 0.6 is 0 Å². The zero-order valence-corrected chi connectivity index (χ0v) is 9.76. The van der Waals surface area contributed by atoms with Crippen molar-refractivity contribution in [3.8, 4) is 0 Å². The van der Waals surface area contributed by atoms with Crippen molar-refractivity contribution >= 4 is 17.3 Å². The molecule has 1 amide bonds. The lowest BCUT2D eigenvalue weighted by atomic mass is 10.3. The molecule has 0 aromatic heterocycles. The van der Waals surface area contributed by atoms with Crippen LogP contribution in [0.2, 0.25) is 0 Å². The summed E-state index contributed by atoms with van der Waals surface area (Å²) < 4.78 is 0. The van der Waals surface area contributed by atoms with Gasteiger partial charge in [-0.2, -0.15) is 0 Å². The van der Waals surface area contributed by atoms with Gasteiger partial charge in [-0.25, -0.2) is 0 Å². The Hall–Kier alpha value is -2.29. The number of amides is 1. The first-order valence-corrected chi connectivity index (χ1v) is 5.31. The van der Waals surface area contributed by atoms with Crippen LogP contribution in [0.1, 0.15) is 6.92 Å². The van der Waals surface area contributed by atoms with E-state index in [9.17, 15) is 4.79 Å². The molecule has 3 nitrogen and oxygen atoms in total. The minimum Gasteiger partial charge on any atom is -0.399 e. The first kappa shape index (κ1) is 12.8. The maximum Gasteiger partial charge on any atom is 0.221 e. The largest absolute Gasteiger partial charge is 0.399 e. The molecule has 0 heterocycles. The molecule has 0 radical (unpaired) electrons. The van der Waals surface area contributed by atoms with E-state index in [0.717, 1.165) is 5.69 Å². The van der Waals surface area contributed by atoms with Crippen molar-refractivity contribution in [2.75, 3.05) is 11.1 Å². The van der Waals surface area contributed by atoms with Crippen LogP contribution in [-0.2, 0) is 4.79 Å². The van der Waals surface area contributed by atoms with Gasteiger partial charge < -0.3 is 11.1 Å². The highest BCUT2D eigenvalue weighted by molar-refractivity contribution is 5.89. The Morgan fingerprint density at radius 2 is 1.53 bits per heavy atom. The maximum atomic E-state index is 10.6. The van der Waals surface area contributed by atoms with Gasteiger partial charge in [-0.3, -0.25) is 4.79 Å². The fraction of sp³-hybridized carbons (Fsp3) is 0.0714. The molecule has 3 heteroatoms. The van der Waals surface area contributed by atoms with E-state index in [0.29, 0.717) is 5.69 Å². The number of rotatable bonds is 1. The minimum atomic E-state index is -0.0874. The summed E-state index contributed by atoms with van der Waals surface area (Å²) in [5.74, 6) is -0.0874. The summed E-state index contributed by atoms with van der Waals surface area (Å²) in [7, 11) is 0. The van der Waals surface area contributed by atoms with Gasteiger partial charge >= 0.3 is 0 Å². The SMILES string of the molecule is CC(=O)Nc1cccc(N)c1.c1ccccc1. The van der Waals surface area contributed by atoms with Crippen molar-refractivity contribution < 1.29 is 4.79 Å². The van der Waals surface area contributed by atoms with Crippen LogP contribution in [-0.4, -0.2) is 5.91 Å². The van der Waals surface area contributed by atoms with Crippen molar-refractivity contribution in [3.05, 3.63) is 60.7 Å². The quantitative estimate of drug-likeness (QED) is 0.737. The van der Waals surface area contributed by atoms with Crippen LogP contribution in [0.3, 0.4) is 0 Å². The smallest absolute Gasteiger partial charge is 0.221 e. The van der Waals surface area contributed by atoms with Crippen molar-refractivity contribution in [2.45, 2.75) is 6.92 Å². The second-order valence-electron chi connectivity index (χ2n) is 3.46. The van der Waals surface area contributed by atoms with E-state index in [2.05, 4.69) is 5.32 Å². The van der Waals surface area contributed by atoms with E-state index in [-0.39, 0.29) is 5.91 Å². The molecular formula is C14H16N2O. The van der Waals surface area contributed by atoms with E-state index in [1.165, 1.54) is 6.92 Å². The maximum absolute atomic E-state index is 10.6. The Morgan fingerprint density at radius 1 is 1.00 bits per heavy atom. The van der Waals surface area contributed by atoms with Crippen LogP contribution in [0.15, 0.2) is 60.7 Å². The van der Waals surface area contributed by atoms with E-state index < -0.39 is 0 Å². The third-order valence-corrected chi connectivity index (χ3v) is 1.87. The second-order valence-corrected chi connectivity index (χ2v) is 3.46. The third kappa shape index (κ3) is 5.99. The molecule has 3 N–H and O–H groups in total. The van der Waals surface area contributed by atoms with Gasteiger partial charge in [0.1, 0.15) is 0 Å². The van der Waals surface area contributed by atoms with E-state index in [1.54, 1.807) is 24.3 Å². The van der Waals surface area contributed by atoms with Crippen LogP contribution < -0.4 is 11.1 Å². The molecule has 0 saturated carbocycles. The van der Waals surface area contributed by atoms with Crippen molar-refractivity contribution in [1.29, 1.82) is 0 Å². The lowest BCUT2D eigenvalue weighted by Gasteiger charge is -2.01. The van der Waals surface area contributed by atoms with Gasteiger partial charge in [0, 0.05) is 18.3 Å². The van der Waals surface area contributed by atoms with Crippen molar-refractivity contribution in [1.82, 2.24) is 0 Å². The molecule has 0 aliphatic heterocycles. The number of nitrogens with two attached hydrogens (primary N) is 1. The lowest BCUT2D eigenvalue weighted by Crippen LogP contribution is -2.05. The zero-order valence-electron chi connectivity index (χ0n) is 9.76. The number of nitrogen functional groups attached to an aromatic ring is 1. The molecule has 0 bridgehead atoms. The number of benzene rings is 2. The fourth-order valence-electron chi connectivity index (χ4n) is 1.20. The number of carbonyl (C=O) groups is 1. The number of anilines is 2. The van der Waals surface area contributed by atoms with Crippen LogP contribution in [0.25, 0.3) is 0 Å². The Bertz CT molecular complexity index is 428. The van der Waals surface area contributed by atoms with Gasteiger partial charge in [0.15, 0.2) is 0 Å². The second kappa shape index (κ2) is 7.06.